The molecule has 0 bridgehead atoms. The number of hydrogen-bond donors (Lipinski definition) is 0. The van der Waals surface area contributed by atoms with Crippen molar-refractivity contribution in [1.82, 2.24) is 0 Å². The van der Waals surface area contributed by atoms with Gasteiger partial charge in [-0.25, -0.2) is 0 Å². The predicted molar refractivity (Wildman–Crippen MR) is 232 cm³/mol. The summed E-state index contributed by atoms with van der Waals surface area (Å²) in [6, 6.07) is 68.6. The first-order valence-electron chi connectivity index (χ1n) is 19.1. The minimum atomic E-state index is -0.103. The zero-order valence-corrected chi connectivity index (χ0v) is 30.8. The molecule has 10 aromatic rings. The molecule has 0 fully saturated rings. The summed E-state index contributed by atoms with van der Waals surface area (Å²) < 4.78 is 6.25. The van der Waals surface area contributed by atoms with Crippen LogP contribution < -0.4 is 4.90 Å². The molecule has 2 nitrogen and oxygen atoms in total. The first-order valence-corrected chi connectivity index (χ1v) is 19.1. The number of para-hydroxylation sites is 1. The summed E-state index contributed by atoms with van der Waals surface area (Å²) in [5.41, 5.74) is 15.2. The van der Waals surface area contributed by atoms with Gasteiger partial charge < -0.3 is 9.32 Å². The highest BCUT2D eigenvalue weighted by Crippen LogP contribution is 2.54. The molecule has 1 aliphatic rings. The van der Waals surface area contributed by atoms with E-state index in [1.54, 1.807) is 0 Å². The number of nitrogens with zero attached hydrogens (tertiary/aromatic N) is 1. The van der Waals surface area contributed by atoms with E-state index in [2.05, 4.69) is 195 Å². The summed E-state index contributed by atoms with van der Waals surface area (Å²) in [5, 5.41) is 7.18. The van der Waals surface area contributed by atoms with E-state index in [4.69, 9.17) is 4.42 Å². The average molecular weight is 704 g/mol. The second-order valence-corrected chi connectivity index (χ2v) is 15.4. The molecule has 1 heterocycles. The molecule has 0 saturated carbocycles. The lowest BCUT2D eigenvalue weighted by molar-refractivity contribution is 0.660. The zero-order valence-electron chi connectivity index (χ0n) is 30.8. The Kier molecular flexibility index (Phi) is 6.93. The van der Waals surface area contributed by atoms with Gasteiger partial charge in [-0.1, -0.05) is 141 Å². The third-order valence-electron chi connectivity index (χ3n) is 11.8. The van der Waals surface area contributed by atoms with E-state index in [9.17, 15) is 0 Å². The highest BCUT2D eigenvalue weighted by atomic mass is 16.3. The molecule has 0 aliphatic heterocycles. The van der Waals surface area contributed by atoms with Gasteiger partial charge in [0.2, 0.25) is 0 Å². The molecular weight excluding hydrogens is 667 g/mol. The molecule has 0 radical (unpaired) electrons. The Morgan fingerprint density at radius 2 is 1.05 bits per heavy atom. The normalized spacial score (nSPS) is 13.1. The SMILES string of the molecule is CC1(C)c2ccccc2-c2c(N(c3ccc(-c4ccc5cc6c(cc5c4)oc4ccccc46)cc3)c3cccc(-c4ccc5ccccc5c4)c3)cccc21. The molecule has 55 heavy (non-hydrogen) atoms. The quantitative estimate of drug-likeness (QED) is 0.177. The molecule has 2 heteroatoms. The van der Waals surface area contributed by atoms with E-state index in [1.165, 1.54) is 71.7 Å². The van der Waals surface area contributed by atoms with E-state index in [0.29, 0.717) is 0 Å². The van der Waals surface area contributed by atoms with Crippen LogP contribution in [0, 0.1) is 0 Å². The van der Waals surface area contributed by atoms with Crippen LogP contribution in [0.3, 0.4) is 0 Å². The maximum atomic E-state index is 6.25. The van der Waals surface area contributed by atoms with Gasteiger partial charge in [-0.3, -0.25) is 0 Å². The molecule has 11 rings (SSSR count). The highest BCUT2D eigenvalue weighted by Gasteiger charge is 2.37. The Balaban J connectivity index is 1.05. The Labute approximate surface area is 320 Å². The smallest absolute Gasteiger partial charge is 0.136 e. The average Bonchev–Trinajstić information content (AvgIpc) is 3.71. The van der Waals surface area contributed by atoms with Crippen molar-refractivity contribution in [2.24, 2.45) is 0 Å². The molecule has 0 atom stereocenters. The number of fused-ring (bicyclic) bond motifs is 8. The summed E-state index contributed by atoms with van der Waals surface area (Å²) in [6.07, 6.45) is 0. The van der Waals surface area contributed by atoms with Crippen LogP contribution in [-0.2, 0) is 5.41 Å². The zero-order chi connectivity index (χ0) is 36.7. The van der Waals surface area contributed by atoms with Gasteiger partial charge in [0.1, 0.15) is 11.2 Å². The molecule has 0 amide bonds. The van der Waals surface area contributed by atoms with Crippen molar-refractivity contribution in [2.45, 2.75) is 19.3 Å². The third kappa shape index (κ3) is 5.02. The number of hydrogen-bond acceptors (Lipinski definition) is 2. The van der Waals surface area contributed by atoms with Crippen LogP contribution in [0.1, 0.15) is 25.0 Å². The van der Waals surface area contributed by atoms with Crippen molar-refractivity contribution in [3.8, 4) is 33.4 Å². The van der Waals surface area contributed by atoms with Crippen LogP contribution in [0.25, 0.3) is 76.9 Å². The van der Waals surface area contributed by atoms with E-state index in [0.717, 1.165) is 33.3 Å². The first kappa shape index (κ1) is 31.6. The van der Waals surface area contributed by atoms with Crippen molar-refractivity contribution in [3.05, 3.63) is 199 Å². The largest absolute Gasteiger partial charge is 0.456 e. The van der Waals surface area contributed by atoms with Crippen LogP contribution >= 0.6 is 0 Å². The van der Waals surface area contributed by atoms with Crippen LogP contribution in [-0.4, -0.2) is 0 Å². The van der Waals surface area contributed by atoms with Gasteiger partial charge in [-0.2, -0.15) is 0 Å². The molecule has 9 aromatic carbocycles. The second-order valence-electron chi connectivity index (χ2n) is 15.4. The molecule has 1 aliphatic carbocycles. The maximum absolute atomic E-state index is 6.25. The lowest BCUT2D eigenvalue weighted by atomic mass is 9.82. The van der Waals surface area contributed by atoms with Crippen molar-refractivity contribution in [1.29, 1.82) is 0 Å². The number of anilines is 3. The molecule has 1 aromatic heterocycles. The van der Waals surface area contributed by atoms with E-state index < -0.39 is 0 Å². The fourth-order valence-electron chi connectivity index (χ4n) is 8.99. The lowest BCUT2D eigenvalue weighted by Crippen LogP contribution is -2.16. The molecule has 0 unspecified atom stereocenters. The van der Waals surface area contributed by atoms with E-state index >= 15 is 0 Å². The third-order valence-corrected chi connectivity index (χ3v) is 11.8. The molecule has 0 spiro atoms. The monoisotopic (exact) mass is 703 g/mol. The Bertz CT molecular complexity index is 3130. The maximum Gasteiger partial charge on any atom is 0.136 e. The minimum Gasteiger partial charge on any atom is -0.456 e. The number of rotatable bonds is 5. The predicted octanol–water partition coefficient (Wildman–Crippen LogP) is 15.0. The Morgan fingerprint density at radius 3 is 1.95 bits per heavy atom. The molecule has 0 N–H and O–H groups in total. The first-order chi connectivity index (χ1) is 27.0. The second kappa shape index (κ2) is 12.1. The summed E-state index contributed by atoms with van der Waals surface area (Å²) >= 11 is 0. The standard InChI is InChI=1S/C53H37NO/c1-53(2)47-17-7-5-16-45(47)52-48(53)18-10-19-49(52)54(43-14-9-13-37(31-43)39-22-21-34-11-3-4-12-36(34)29-39)42-27-25-35(26-28-42)38-23-24-40-32-46-44-15-6-8-20-50(44)55-51(46)33-41(40)30-38/h3-33H,1-2H3. The van der Waals surface area contributed by atoms with Crippen molar-refractivity contribution in [2.75, 3.05) is 4.90 Å². The fourth-order valence-corrected chi connectivity index (χ4v) is 8.99. The van der Waals surface area contributed by atoms with Gasteiger partial charge in [0.05, 0.1) is 5.69 Å². The summed E-state index contributed by atoms with van der Waals surface area (Å²) in [5.74, 6) is 0. The van der Waals surface area contributed by atoms with Crippen molar-refractivity contribution < 1.29 is 4.42 Å². The molecule has 0 saturated heterocycles. The summed E-state index contributed by atoms with van der Waals surface area (Å²) in [6.45, 7) is 4.70. The van der Waals surface area contributed by atoms with Crippen molar-refractivity contribution >= 4 is 60.5 Å². The van der Waals surface area contributed by atoms with Crippen LogP contribution in [0.4, 0.5) is 17.1 Å². The van der Waals surface area contributed by atoms with Crippen LogP contribution in [0.15, 0.2) is 192 Å². The number of benzene rings is 9. The van der Waals surface area contributed by atoms with E-state index in [1.807, 2.05) is 12.1 Å². The van der Waals surface area contributed by atoms with Gasteiger partial charge in [0, 0.05) is 33.1 Å². The molecule has 260 valence electrons. The topological polar surface area (TPSA) is 16.4 Å². The van der Waals surface area contributed by atoms with Gasteiger partial charge >= 0.3 is 0 Å². The Morgan fingerprint density at radius 1 is 0.400 bits per heavy atom. The Hall–Kier alpha value is -6.90. The van der Waals surface area contributed by atoms with Crippen molar-refractivity contribution in [3.63, 3.8) is 0 Å². The van der Waals surface area contributed by atoms with E-state index in [-0.39, 0.29) is 5.41 Å². The summed E-state index contributed by atoms with van der Waals surface area (Å²) in [4.78, 5) is 2.45. The van der Waals surface area contributed by atoms with Gasteiger partial charge in [-0.15, -0.1) is 0 Å². The minimum absolute atomic E-state index is 0.103. The molecular formula is C53H37NO. The number of furan rings is 1. The van der Waals surface area contributed by atoms with Gasteiger partial charge in [-0.05, 0) is 121 Å². The summed E-state index contributed by atoms with van der Waals surface area (Å²) in [7, 11) is 0. The van der Waals surface area contributed by atoms with Gasteiger partial charge in [0.25, 0.3) is 0 Å². The highest BCUT2D eigenvalue weighted by molar-refractivity contribution is 6.10. The van der Waals surface area contributed by atoms with Crippen LogP contribution in [0.2, 0.25) is 0 Å². The van der Waals surface area contributed by atoms with Gasteiger partial charge in [0.15, 0.2) is 0 Å². The fraction of sp³-hybridized carbons (Fsp3) is 0.0566. The lowest BCUT2D eigenvalue weighted by Gasteiger charge is -2.29. The van der Waals surface area contributed by atoms with Crippen LogP contribution in [0.5, 0.6) is 0 Å².